The minimum absolute atomic E-state index is 0.0262. The van der Waals surface area contributed by atoms with Crippen LogP contribution in [0.15, 0.2) is 17.5 Å². The molecule has 1 rings (SSSR count). The van der Waals surface area contributed by atoms with E-state index < -0.39 is 0 Å². The molecule has 0 atom stereocenters. The van der Waals surface area contributed by atoms with Crippen LogP contribution >= 0.6 is 24.0 Å². The molecule has 0 radical (unpaired) electrons. The summed E-state index contributed by atoms with van der Waals surface area (Å²) in [6.45, 7) is 0.622. The van der Waals surface area contributed by atoms with Gasteiger partial charge in [-0.05, 0) is 11.4 Å². The highest BCUT2D eigenvalue weighted by Crippen LogP contribution is 2.06. The summed E-state index contributed by atoms with van der Waals surface area (Å²) >= 11 is 5.47. The van der Waals surface area contributed by atoms with Gasteiger partial charge < -0.3 is 5.32 Å². The van der Waals surface area contributed by atoms with E-state index >= 15 is 0 Å². The van der Waals surface area contributed by atoms with Crippen LogP contribution in [0.3, 0.4) is 0 Å². The number of amides is 1. The first-order chi connectivity index (χ1) is 5.33. The average molecular weight is 187 g/mol. The van der Waals surface area contributed by atoms with Gasteiger partial charge in [0.1, 0.15) is 0 Å². The third-order valence-electron chi connectivity index (χ3n) is 1.18. The maximum absolute atomic E-state index is 10.7. The molecular weight excluding hydrogens is 178 g/mol. The summed E-state index contributed by atoms with van der Waals surface area (Å²) in [6.07, 6.45) is 0. The van der Waals surface area contributed by atoms with Crippen LogP contribution in [0.1, 0.15) is 4.88 Å². The minimum Gasteiger partial charge on any atom is -0.351 e. The summed E-state index contributed by atoms with van der Waals surface area (Å²) < 4.78 is 0. The standard InChI is InChI=1S/C7H9NOS2/c9-7(5-10)8-4-6-2-1-3-11-6/h1-3,10H,4-5H2,(H,8,9). The monoisotopic (exact) mass is 187 g/mol. The molecule has 0 unspecified atom stereocenters. The molecule has 1 aromatic rings. The molecule has 1 heterocycles. The van der Waals surface area contributed by atoms with Crippen molar-refractivity contribution in [1.82, 2.24) is 5.32 Å². The van der Waals surface area contributed by atoms with Gasteiger partial charge in [-0.2, -0.15) is 12.6 Å². The topological polar surface area (TPSA) is 29.1 Å². The number of carbonyl (C=O) groups is 1. The molecule has 0 aliphatic heterocycles. The third-order valence-corrected chi connectivity index (χ3v) is 2.35. The average Bonchev–Trinajstić information content (AvgIpc) is 2.52. The largest absolute Gasteiger partial charge is 0.351 e. The summed E-state index contributed by atoms with van der Waals surface area (Å²) in [5.41, 5.74) is 0. The normalized spacial score (nSPS) is 9.55. The van der Waals surface area contributed by atoms with E-state index in [4.69, 9.17) is 0 Å². The van der Waals surface area contributed by atoms with Gasteiger partial charge in [0.05, 0.1) is 12.3 Å². The Morgan fingerprint density at radius 2 is 2.55 bits per heavy atom. The molecule has 2 nitrogen and oxygen atoms in total. The number of thiophene rings is 1. The Bertz CT molecular complexity index is 220. The summed E-state index contributed by atoms with van der Waals surface area (Å²) in [5, 5.41) is 4.72. The van der Waals surface area contributed by atoms with E-state index in [0.29, 0.717) is 6.54 Å². The maximum Gasteiger partial charge on any atom is 0.230 e. The van der Waals surface area contributed by atoms with Crippen molar-refractivity contribution in [3.05, 3.63) is 22.4 Å². The molecule has 0 aliphatic carbocycles. The Labute approximate surface area is 75.0 Å². The first-order valence-corrected chi connectivity index (χ1v) is 4.74. The van der Waals surface area contributed by atoms with Crippen LogP contribution < -0.4 is 5.32 Å². The van der Waals surface area contributed by atoms with Crippen LogP contribution in [0, 0.1) is 0 Å². The van der Waals surface area contributed by atoms with Gasteiger partial charge >= 0.3 is 0 Å². The molecule has 0 saturated heterocycles. The second-order valence-electron chi connectivity index (χ2n) is 2.01. The summed E-state index contributed by atoms with van der Waals surface area (Å²) in [5.74, 6) is 0.229. The molecule has 0 saturated carbocycles. The quantitative estimate of drug-likeness (QED) is 0.686. The van der Waals surface area contributed by atoms with Gasteiger partial charge in [-0.25, -0.2) is 0 Å². The smallest absolute Gasteiger partial charge is 0.230 e. The zero-order valence-corrected chi connectivity index (χ0v) is 7.62. The Hall–Kier alpha value is -0.480. The van der Waals surface area contributed by atoms with Crippen molar-refractivity contribution < 1.29 is 4.79 Å². The number of nitrogens with one attached hydrogen (secondary N) is 1. The first-order valence-electron chi connectivity index (χ1n) is 3.23. The van der Waals surface area contributed by atoms with E-state index in [9.17, 15) is 4.79 Å². The molecular formula is C7H9NOS2. The van der Waals surface area contributed by atoms with E-state index in [1.54, 1.807) is 11.3 Å². The van der Waals surface area contributed by atoms with Crippen LogP contribution in [-0.2, 0) is 11.3 Å². The van der Waals surface area contributed by atoms with Crippen molar-refractivity contribution in [1.29, 1.82) is 0 Å². The fourth-order valence-electron chi connectivity index (χ4n) is 0.655. The predicted molar refractivity (Wildman–Crippen MR) is 50.0 cm³/mol. The van der Waals surface area contributed by atoms with Gasteiger partial charge in [-0.15, -0.1) is 11.3 Å². The highest BCUT2D eigenvalue weighted by atomic mass is 32.1. The van der Waals surface area contributed by atoms with Crippen molar-refractivity contribution in [3.63, 3.8) is 0 Å². The lowest BCUT2D eigenvalue weighted by molar-refractivity contribution is -0.118. The lowest BCUT2D eigenvalue weighted by atomic mass is 10.4. The Kier molecular flexibility index (Phi) is 3.45. The number of rotatable bonds is 3. The van der Waals surface area contributed by atoms with Gasteiger partial charge in [0, 0.05) is 4.88 Å². The Morgan fingerprint density at radius 3 is 3.09 bits per heavy atom. The van der Waals surface area contributed by atoms with E-state index in [-0.39, 0.29) is 11.7 Å². The van der Waals surface area contributed by atoms with Crippen LogP contribution in [0.4, 0.5) is 0 Å². The highest BCUT2D eigenvalue weighted by molar-refractivity contribution is 7.81. The van der Waals surface area contributed by atoms with Crippen LogP contribution in [0.5, 0.6) is 0 Å². The molecule has 60 valence electrons. The van der Waals surface area contributed by atoms with Crippen molar-refractivity contribution >= 4 is 29.9 Å². The zero-order valence-electron chi connectivity index (χ0n) is 5.91. The first kappa shape index (κ1) is 8.62. The Morgan fingerprint density at radius 1 is 1.73 bits per heavy atom. The molecule has 1 amide bonds. The predicted octanol–water partition coefficient (Wildman–Crippen LogP) is 1.29. The molecule has 1 aromatic heterocycles. The summed E-state index contributed by atoms with van der Waals surface area (Å²) in [7, 11) is 0. The highest BCUT2D eigenvalue weighted by Gasteiger charge is 1.96. The minimum atomic E-state index is -0.0262. The molecule has 0 spiro atoms. The van der Waals surface area contributed by atoms with Gasteiger partial charge in [0.25, 0.3) is 0 Å². The fourth-order valence-corrected chi connectivity index (χ4v) is 1.41. The molecule has 0 aliphatic rings. The van der Waals surface area contributed by atoms with E-state index in [2.05, 4.69) is 17.9 Å². The van der Waals surface area contributed by atoms with Crippen molar-refractivity contribution in [3.8, 4) is 0 Å². The van der Waals surface area contributed by atoms with Crippen molar-refractivity contribution in [2.24, 2.45) is 0 Å². The van der Waals surface area contributed by atoms with Gasteiger partial charge in [0.2, 0.25) is 5.91 Å². The van der Waals surface area contributed by atoms with Gasteiger partial charge in [0.15, 0.2) is 0 Å². The molecule has 4 heteroatoms. The maximum atomic E-state index is 10.7. The summed E-state index contributed by atoms with van der Waals surface area (Å²) in [4.78, 5) is 11.9. The lowest BCUT2D eigenvalue weighted by Crippen LogP contribution is -2.23. The molecule has 0 aromatic carbocycles. The van der Waals surface area contributed by atoms with E-state index in [1.165, 1.54) is 4.88 Å². The molecule has 1 N–H and O–H groups in total. The SMILES string of the molecule is O=C(CS)NCc1cccs1. The van der Waals surface area contributed by atoms with Crippen LogP contribution in [-0.4, -0.2) is 11.7 Å². The molecule has 11 heavy (non-hydrogen) atoms. The van der Waals surface area contributed by atoms with E-state index in [0.717, 1.165) is 0 Å². The van der Waals surface area contributed by atoms with Crippen LogP contribution in [0.25, 0.3) is 0 Å². The van der Waals surface area contributed by atoms with Crippen molar-refractivity contribution in [2.75, 3.05) is 5.75 Å². The second kappa shape index (κ2) is 4.41. The van der Waals surface area contributed by atoms with Gasteiger partial charge in [-0.1, -0.05) is 6.07 Å². The lowest BCUT2D eigenvalue weighted by Gasteiger charge is -1.98. The number of hydrogen-bond acceptors (Lipinski definition) is 3. The van der Waals surface area contributed by atoms with Crippen LogP contribution in [0.2, 0.25) is 0 Å². The third kappa shape index (κ3) is 2.95. The number of hydrogen-bond donors (Lipinski definition) is 2. The Balaban J connectivity index is 2.29. The second-order valence-corrected chi connectivity index (χ2v) is 3.36. The van der Waals surface area contributed by atoms with E-state index in [1.807, 2.05) is 17.5 Å². The number of carbonyl (C=O) groups excluding carboxylic acids is 1. The molecule has 0 bridgehead atoms. The fraction of sp³-hybridized carbons (Fsp3) is 0.286. The summed E-state index contributed by atoms with van der Waals surface area (Å²) in [6, 6.07) is 3.95. The number of thiol groups is 1. The van der Waals surface area contributed by atoms with Crippen molar-refractivity contribution in [2.45, 2.75) is 6.54 Å². The molecule has 0 fully saturated rings. The van der Waals surface area contributed by atoms with Gasteiger partial charge in [-0.3, -0.25) is 4.79 Å². The zero-order chi connectivity index (χ0) is 8.10.